The fourth-order valence-corrected chi connectivity index (χ4v) is 3.79. The molecule has 7 nitrogen and oxygen atoms in total. The molecule has 2 saturated heterocycles. The molecule has 0 bridgehead atoms. The summed E-state index contributed by atoms with van der Waals surface area (Å²) in [7, 11) is 1.60. The van der Waals surface area contributed by atoms with E-state index >= 15 is 0 Å². The molecule has 2 heterocycles. The zero-order chi connectivity index (χ0) is 19.1. The summed E-state index contributed by atoms with van der Waals surface area (Å²) in [5, 5.41) is 0. The minimum Gasteiger partial charge on any atom is -0.497 e. The first-order valence-electron chi connectivity index (χ1n) is 9.85. The lowest BCUT2D eigenvalue weighted by atomic mass is 9.99. The second-order valence-corrected chi connectivity index (χ2v) is 7.06. The third-order valence-electron chi connectivity index (χ3n) is 5.26. The van der Waals surface area contributed by atoms with E-state index < -0.39 is 0 Å². The van der Waals surface area contributed by atoms with Crippen LogP contribution in [0.1, 0.15) is 29.6 Å². The van der Waals surface area contributed by atoms with E-state index in [-0.39, 0.29) is 11.9 Å². The molecule has 0 aliphatic carbocycles. The quantitative estimate of drug-likeness (QED) is 0.773. The average molecular weight is 377 g/mol. The molecule has 1 aromatic rings. The van der Waals surface area contributed by atoms with Crippen LogP contribution >= 0.6 is 0 Å². The number of carbonyl (C=O) groups is 1. The van der Waals surface area contributed by atoms with Gasteiger partial charge in [0.1, 0.15) is 18.1 Å². The number of hydrogen-bond acceptors (Lipinski definition) is 6. The summed E-state index contributed by atoms with van der Waals surface area (Å²) in [6.45, 7) is 5.88. The summed E-state index contributed by atoms with van der Waals surface area (Å²) in [5.74, 6) is 1.24. The van der Waals surface area contributed by atoms with Gasteiger partial charge in [-0.05, 0) is 31.4 Å². The van der Waals surface area contributed by atoms with Gasteiger partial charge in [-0.2, -0.15) is 0 Å². The molecule has 2 aliphatic rings. The van der Waals surface area contributed by atoms with Gasteiger partial charge in [-0.25, -0.2) is 0 Å². The monoisotopic (exact) mass is 377 g/mol. The molecule has 0 aromatic heterocycles. The molecule has 2 N–H and O–H groups in total. The lowest BCUT2D eigenvalue weighted by molar-refractivity contribution is 0.0165. The topological polar surface area (TPSA) is 77.3 Å². The van der Waals surface area contributed by atoms with Crippen molar-refractivity contribution < 1.29 is 19.0 Å². The van der Waals surface area contributed by atoms with Gasteiger partial charge in [-0.3, -0.25) is 9.69 Å². The highest BCUT2D eigenvalue weighted by atomic mass is 16.5. The third-order valence-corrected chi connectivity index (χ3v) is 5.26. The number of amides is 1. The van der Waals surface area contributed by atoms with E-state index in [1.54, 1.807) is 19.2 Å². The number of ether oxygens (including phenoxy) is 3. The highest BCUT2D eigenvalue weighted by molar-refractivity contribution is 5.97. The van der Waals surface area contributed by atoms with E-state index in [1.165, 1.54) is 0 Å². The van der Waals surface area contributed by atoms with Gasteiger partial charge in [0.05, 0.1) is 25.9 Å². The van der Waals surface area contributed by atoms with Gasteiger partial charge in [0.25, 0.3) is 5.91 Å². The Morgan fingerprint density at radius 1 is 1.26 bits per heavy atom. The minimum atomic E-state index is 0.0302. The van der Waals surface area contributed by atoms with Gasteiger partial charge in [0.2, 0.25) is 0 Å². The number of rotatable bonds is 7. The van der Waals surface area contributed by atoms with E-state index in [0.29, 0.717) is 30.2 Å². The molecule has 27 heavy (non-hydrogen) atoms. The van der Waals surface area contributed by atoms with E-state index in [0.717, 1.165) is 58.7 Å². The average Bonchev–Trinajstić information content (AvgIpc) is 2.72. The molecule has 150 valence electrons. The van der Waals surface area contributed by atoms with Crippen molar-refractivity contribution in [3.8, 4) is 11.5 Å². The molecule has 0 radical (unpaired) electrons. The molecule has 7 heteroatoms. The Bertz CT molecular complexity index is 619. The first-order chi connectivity index (χ1) is 13.2. The van der Waals surface area contributed by atoms with Gasteiger partial charge < -0.3 is 24.8 Å². The summed E-state index contributed by atoms with van der Waals surface area (Å²) in [6, 6.07) is 5.61. The summed E-state index contributed by atoms with van der Waals surface area (Å²) >= 11 is 0. The predicted octanol–water partition coefficient (Wildman–Crippen LogP) is 1.36. The van der Waals surface area contributed by atoms with Gasteiger partial charge in [-0.1, -0.05) is 0 Å². The van der Waals surface area contributed by atoms with Crippen LogP contribution in [0.3, 0.4) is 0 Å². The van der Waals surface area contributed by atoms with Crippen LogP contribution in [0.15, 0.2) is 18.2 Å². The number of carbonyl (C=O) groups excluding carboxylic acids is 1. The molecular weight excluding hydrogens is 346 g/mol. The number of likely N-dealkylation sites (tertiary alicyclic amines) is 1. The SMILES string of the molecule is COc1ccc(C(=O)N2CCCC[C@@H]2CN2CCOCC2)c(OCCN)c1. The zero-order valence-corrected chi connectivity index (χ0v) is 16.2. The van der Waals surface area contributed by atoms with Crippen molar-refractivity contribution in [1.29, 1.82) is 0 Å². The highest BCUT2D eigenvalue weighted by Gasteiger charge is 2.31. The normalized spacial score (nSPS) is 21.1. The second kappa shape index (κ2) is 9.92. The maximum atomic E-state index is 13.4. The molecule has 1 aromatic carbocycles. The van der Waals surface area contributed by atoms with E-state index in [9.17, 15) is 4.79 Å². The summed E-state index contributed by atoms with van der Waals surface area (Å²) < 4.78 is 16.5. The Morgan fingerprint density at radius 2 is 2.07 bits per heavy atom. The molecule has 0 unspecified atom stereocenters. The number of methoxy groups -OCH3 is 1. The smallest absolute Gasteiger partial charge is 0.257 e. The maximum absolute atomic E-state index is 13.4. The van der Waals surface area contributed by atoms with Crippen LogP contribution < -0.4 is 15.2 Å². The predicted molar refractivity (Wildman–Crippen MR) is 103 cm³/mol. The van der Waals surface area contributed by atoms with Crippen molar-refractivity contribution in [1.82, 2.24) is 9.80 Å². The number of benzene rings is 1. The second-order valence-electron chi connectivity index (χ2n) is 7.06. The van der Waals surface area contributed by atoms with Gasteiger partial charge in [0.15, 0.2) is 0 Å². The van der Waals surface area contributed by atoms with E-state index in [2.05, 4.69) is 4.90 Å². The molecule has 1 amide bonds. The number of piperidine rings is 1. The minimum absolute atomic E-state index is 0.0302. The van der Waals surface area contributed by atoms with Crippen molar-refractivity contribution in [3.05, 3.63) is 23.8 Å². The Kier molecular flexibility index (Phi) is 7.32. The summed E-state index contributed by atoms with van der Waals surface area (Å²) in [4.78, 5) is 17.8. The highest BCUT2D eigenvalue weighted by Crippen LogP contribution is 2.29. The molecule has 0 saturated carbocycles. The van der Waals surface area contributed by atoms with E-state index in [4.69, 9.17) is 19.9 Å². The molecule has 0 spiro atoms. The Hall–Kier alpha value is -1.83. The van der Waals surface area contributed by atoms with Crippen molar-refractivity contribution in [2.45, 2.75) is 25.3 Å². The molecular formula is C20H31N3O4. The van der Waals surface area contributed by atoms with Crippen LogP contribution in [0.5, 0.6) is 11.5 Å². The number of hydrogen-bond donors (Lipinski definition) is 1. The lowest BCUT2D eigenvalue weighted by Gasteiger charge is -2.39. The van der Waals surface area contributed by atoms with Crippen LogP contribution in [0, 0.1) is 0 Å². The van der Waals surface area contributed by atoms with Crippen LogP contribution in [0.25, 0.3) is 0 Å². The van der Waals surface area contributed by atoms with Crippen LogP contribution in [-0.4, -0.2) is 81.4 Å². The summed E-state index contributed by atoms with van der Waals surface area (Å²) in [6.07, 6.45) is 3.25. The number of nitrogens with two attached hydrogens (primary N) is 1. The standard InChI is InChI=1S/C20H31N3O4/c1-25-17-5-6-18(19(14-17)27-11-7-21)20(24)23-8-3-2-4-16(23)15-22-9-12-26-13-10-22/h5-6,14,16H,2-4,7-13,15,21H2,1H3/t16-/m1/s1. The fourth-order valence-electron chi connectivity index (χ4n) is 3.79. The third kappa shape index (κ3) is 5.12. The maximum Gasteiger partial charge on any atom is 0.257 e. The number of morpholine rings is 1. The van der Waals surface area contributed by atoms with Crippen molar-refractivity contribution in [3.63, 3.8) is 0 Å². The van der Waals surface area contributed by atoms with Crippen LogP contribution in [0.2, 0.25) is 0 Å². The molecule has 2 fully saturated rings. The zero-order valence-electron chi connectivity index (χ0n) is 16.2. The summed E-state index contributed by atoms with van der Waals surface area (Å²) in [5.41, 5.74) is 6.16. The Balaban J connectivity index is 1.77. The Morgan fingerprint density at radius 3 is 2.81 bits per heavy atom. The largest absolute Gasteiger partial charge is 0.497 e. The van der Waals surface area contributed by atoms with Crippen molar-refractivity contribution in [2.75, 3.05) is 59.7 Å². The van der Waals surface area contributed by atoms with Crippen LogP contribution in [-0.2, 0) is 4.74 Å². The van der Waals surface area contributed by atoms with E-state index in [1.807, 2.05) is 11.0 Å². The van der Waals surface area contributed by atoms with Gasteiger partial charge in [0, 0.05) is 44.8 Å². The first-order valence-corrected chi connectivity index (χ1v) is 9.85. The van der Waals surface area contributed by atoms with Crippen LogP contribution in [0.4, 0.5) is 0 Å². The van der Waals surface area contributed by atoms with Gasteiger partial charge >= 0.3 is 0 Å². The molecule has 1 atom stereocenters. The van der Waals surface area contributed by atoms with Crippen molar-refractivity contribution in [2.24, 2.45) is 5.73 Å². The first kappa shape index (κ1) is 19.9. The molecule has 2 aliphatic heterocycles. The van der Waals surface area contributed by atoms with Gasteiger partial charge in [-0.15, -0.1) is 0 Å². The van der Waals surface area contributed by atoms with Crippen molar-refractivity contribution >= 4 is 5.91 Å². The lowest BCUT2D eigenvalue weighted by Crippen LogP contribution is -2.51. The fraction of sp³-hybridized carbons (Fsp3) is 0.650. The Labute approximate surface area is 161 Å². The number of nitrogens with zero attached hydrogens (tertiary/aromatic N) is 2. The molecule has 3 rings (SSSR count).